The Balaban J connectivity index is 1.33. The summed E-state index contributed by atoms with van der Waals surface area (Å²) in [5.41, 5.74) is 2.47. The predicted molar refractivity (Wildman–Crippen MR) is 145 cm³/mol. The van der Waals surface area contributed by atoms with Gasteiger partial charge in [-0.05, 0) is 62.6 Å². The summed E-state index contributed by atoms with van der Waals surface area (Å²) in [6.45, 7) is 5.82. The largest absolute Gasteiger partial charge is 0.457 e. The van der Waals surface area contributed by atoms with Gasteiger partial charge in [-0.2, -0.15) is 0 Å². The number of nitrogens with one attached hydrogen (secondary N) is 3. The number of H-pyrrole nitrogens is 1. The topological polar surface area (TPSA) is 118 Å². The molecule has 0 aliphatic carbocycles. The second kappa shape index (κ2) is 11.0. The number of amides is 1. The number of aromatic nitrogens is 3. The second-order valence-corrected chi connectivity index (χ2v) is 9.65. The van der Waals surface area contributed by atoms with Crippen LogP contribution in [0.2, 0.25) is 0 Å². The highest BCUT2D eigenvalue weighted by Gasteiger charge is 2.28. The van der Waals surface area contributed by atoms with Gasteiger partial charge < -0.3 is 25.1 Å². The monoisotopic (exact) mass is 513 g/mol. The maximum Gasteiger partial charge on any atom is 0.217 e. The van der Waals surface area contributed by atoms with E-state index in [-0.39, 0.29) is 29.9 Å². The van der Waals surface area contributed by atoms with E-state index in [9.17, 15) is 9.59 Å². The number of ketones is 1. The van der Waals surface area contributed by atoms with E-state index in [1.54, 1.807) is 18.3 Å². The number of nitrogens with zero attached hydrogens (tertiary/aromatic N) is 2. The third-order valence-corrected chi connectivity index (χ3v) is 6.78. The van der Waals surface area contributed by atoms with E-state index in [0.717, 1.165) is 24.2 Å². The third kappa shape index (κ3) is 5.52. The lowest BCUT2D eigenvalue weighted by molar-refractivity contribution is -0.121. The van der Waals surface area contributed by atoms with E-state index in [1.807, 2.05) is 50.2 Å². The lowest BCUT2D eigenvalue weighted by Crippen LogP contribution is -2.46. The van der Waals surface area contributed by atoms with Crippen molar-refractivity contribution >= 4 is 28.5 Å². The number of rotatable bonds is 8. The highest BCUT2D eigenvalue weighted by Crippen LogP contribution is 2.30. The fraction of sp³-hybridized carbons (Fsp3) is 0.310. The average molecular weight is 514 g/mol. The zero-order valence-corrected chi connectivity index (χ0v) is 21.7. The molecule has 38 heavy (non-hydrogen) atoms. The fourth-order valence-corrected chi connectivity index (χ4v) is 4.86. The van der Waals surface area contributed by atoms with Crippen LogP contribution >= 0.6 is 0 Å². The molecule has 5 rings (SSSR count). The van der Waals surface area contributed by atoms with Crippen molar-refractivity contribution in [3.63, 3.8) is 0 Å². The van der Waals surface area contributed by atoms with Crippen LogP contribution in [0.5, 0.6) is 11.5 Å². The van der Waals surface area contributed by atoms with Crippen molar-refractivity contribution in [2.45, 2.75) is 51.8 Å². The van der Waals surface area contributed by atoms with Crippen LogP contribution in [0.15, 0.2) is 61.1 Å². The molecule has 2 aromatic heterocycles. The molecule has 2 aromatic carbocycles. The van der Waals surface area contributed by atoms with Gasteiger partial charge in [0.2, 0.25) is 5.91 Å². The summed E-state index contributed by atoms with van der Waals surface area (Å²) in [6.07, 6.45) is 4.76. The molecule has 0 unspecified atom stereocenters. The minimum Gasteiger partial charge on any atom is -0.457 e. The molecule has 1 aliphatic rings. The zero-order valence-electron chi connectivity index (χ0n) is 21.7. The standard InChI is InChI=1S/C29H31N5O4/c1-17-13-22(38-21-7-5-4-6-8-21)10-11-23(17)27(36)24-14-30-28-26(24)29(32-16-31-28)34-20-9-12-25(37-15-20)18(2)33-19(3)35/h4-8,10-11,13-14,16,18,20,25H,9,12,15H2,1-3H3,(H,33,35)(H2,30,31,32,34)/t18-,20+,25-/m0/s1. The minimum atomic E-state index is -0.123. The van der Waals surface area contributed by atoms with Crippen molar-refractivity contribution in [3.05, 3.63) is 77.7 Å². The Morgan fingerprint density at radius 2 is 1.89 bits per heavy atom. The van der Waals surface area contributed by atoms with Crippen LogP contribution < -0.4 is 15.4 Å². The van der Waals surface area contributed by atoms with E-state index < -0.39 is 0 Å². The van der Waals surface area contributed by atoms with Crippen molar-refractivity contribution in [3.8, 4) is 11.5 Å². The van der Waals surface area contributed by atoms with Gasteiger partial charge in [0, 0.05) is 18.7 Å². The summed E-state index contributed by atoms with van der Waals surface area (Å²) in [6, 6.07) is 14.9. The first-order chi connectivity index (χ1) is 18.4. The zero-order chi connectivity index (χ0) is 26.6. The molecule has 4 aromatic rings. The SMILES string of the molecule is CC(=O)N[C@@H](C)[C@@H]1CC[C@@H](Nc2ncnc3[nH]cc(C(=O)c4ccc(Oc5ccccc5)cc4C)c23)CO1. The average Bonchev–Trinajstić information content (AvgIpc) is 3.34. The summed E-state index contributed by atoms with van der Waals surface area (Å²) in [4.78, 5) is 36.9. The minimum absolute atomic E-state index is 0.0166. The molecule has 0 radical (unpaired) electrons. The van der Waals surface area contributed by atoms with E-state index in [2.05, 4.69) is 25.6 Å². The molecule has 9 heteroatoms. The summed E-state index contributed by atoms with van der Waals surface area (Å²) in [5.74, 6) is 1.80. The normalized spacial score (nSPS) is 18.1. The van der Waals surface area contributed by atoms with Crippen LogP contribution in [0.1, 0.15) is 48.2 Å². The van der Waals surface area contributed by atoms with Crippen molar-refractivity contribution < 1.29 is 19.1 Å². The molecule has 1 saturated heterocycles. The Morgan fingerprint density at radius 3 is 2.61 bits per heavy atom. The van der Waals surface area contributed by atoms with Crippen molar-refractivity contribution in [1.29, 1.82) is 0 Å². The molecule has 0 spiro atoms. The van der Waals surface area contributed by atoms with Gasteiger partial charge in [-0.3, -0.25) is 9.59 Å². The number of ether oxygens (including phenoxy) is 2. The molecule has 0 bridgehead atoms. The van der Waals surface area contributed by atoms with Gasteiger partial charge in [-0.25, -0.2) is 9.97 Å². The summed E-state index contributed by atoms with van der Waals surface area (Å²) < 4.78 is 11.9. The number of para-hydroxylation sites is 1. The van der Waals surface area contributed by atoms with Crippen molar-refractivity contribution in [2.75, 3.05) is 11.9 Å². The van der Waals surface area contributed by atoms with E-state index >= 15 is 0 Å². The van der Waals surface area contributed by atoms with Crippen LogP contribution in [-0.2, 0) is 9.53 Å². The van der Waals surface area contributed by atoms with Crippen LogP contribution in [0.4, 0.5) is 5.82 Å². The molecular weight excluding hydrogens is 482 g/mol. The van der Waals surface area contributed by atoms with Crippen LogP contribution in [0.25, 0.3) is 11.0 Å². The second-order valence-electron chi connectivity index (χ2n) is 9.65. The van der Waals surface area contributed by atoms with Gasteiger partial charge in [-0.15, -0.1) is 0 Å². The molecule has 1 aliphatic heterocycles. The van der Waals surface area contributed by atoms with Crippen LogP contribution in [-0.4, -0.2) is 51.4 Å². The van der Waals surface area contributed by atoms with E-state index in [4.69, 9.17) is 9.47 Å². The maximum absolute atomic E-state index is 13.7. The number of carbonyl (C=O) groups excluding carboxylic acids is 2. The Morgan fingerprint density at radius 1 is 1.08 bits per heavy atom. The van der Waals surface area contributed by atoms with Crippen LogP contribution in [0, 0.1) is 6.92 Å². The van der Waals surface area contributed by atoms with Gasteiger partial charge in [0.25, 0.3) is 0 Å². The lowest BCUT2D eigenvalue weighted by Gasteiger charge is -2.33. The highest BCUT2D eigenvalue weighted by atomic mass is 16.5. The molecule has 9 nitrogen and oxygen atoms in total. The highest BCUT2D eigenvalue weighted by molar-refractivity contribution is 6.18. The number of carbonyl (C=O) groups is 2. The van der Waals surface area contributed by atoms with Crippen molar-refractivity contribution in [2.24, 2.45) is 0 Å². The maximum atomic E-state index is 13.7. The van der Waals surface area contributed by atoms with Gasteiger partial charge in [-0.1, -0.05) is 18.2 Å². The van der Waals surface area contributed by atoms with E-state index in [0.29, 0.717) is 40.3 Å². The van der Waals surface area contributed by atoms with Gasteiger partial charge in [0.1, 0.15) is 29.3 Å². The fourth-order valence-electron chi connectivity index (χ4n) is 4.86. The summed E-state index contributed by atoms with van der Waals surface area (Å²) in [5, 5.41) is 7.00. The van der Waals surface area contributed by atoms with Crippen LogP contribution in [0.3, 0.4) is 0 Å². The predicted octanol–water partition coefficient (Wildman–Crippen LogP) is 4.77. The number of hydrogen-bond donors (Lipinski definition) is 3. The van der Waals surface area contributed by atoms with Gasteiger partial charge in [0.05, 0.1) is 35.7 Å². The lowest BCUT2D eigenvalue weighted by atomic mass is 9.98. The summed E-state index contributed by atoms with van der Waals surface area (Å²) in [7, 11) is 0. The van der Waals surface area contributed by atoms with Gasteiger partial charge in [0.15, 0.2) is 5.78 Å². The molecule has 3 atom stereocenters. The molecule has 196 valence electrons. The smallest absolute Gasteiger partial charge is 0.217 e. The first-order valence-corrected chi connectivity index (χ1v) is 12.7. The summed E-state index contributed by atoms with van der Waals surface area (Å²) >= 11 is 0. The Hall–Kier alpha value is -4.24. The number of fused-ring (bicyclic) bond motifs is 1. The molecule has 1 fully saturated rings. The quantitative estimate of drug-likeness (QED) is 0.290. The molecule has 0 saturated carbocycles. The van der Waals surface area contributed by atoms with Crippen molar-refractivity contribution in [1.82, 2.24) is 20.3 Å². The van der Waals surface area contributed by atoms with E-state index in [1.165, 1.54) is 13.3 Å². The number of hydrogen-bond acceptors (Lipinski definition) is 7. The molecule has 3 N–H and O–H groups in total. The Labute approximate surface area is 221 Å². The van der Waals surface area contributed by atoms with Gasteiger partial charge >= 0.3 is 0 Å². The number of anilines is 1. The Kier molecular flexibility index (Phi) is 7.37. The molecule has 3 heterocycles. The Bertz CT molecular complexity index is 1440. The first-order valence-electron chi connectivity index (χ1n) is 12.7. The first kappa shape index (κ1) is 25.4. The molecule has 1 amide bonds. The number of aromatic amines is 1. The molecular formula is C29H31N5O4. The number of aryl methyl sites for hydroxylation is 1. The third-order valence-electron chi connectivity index (χ3n) is 6.78. The number of benzene rings is 2.